The minimum atomic E-state index is -0.00000488. The lowest BCUT2D eigenvalue weighted by atomic mass is 10.2. The summed E-state index contributed by atoms with van der Waals surface area (Å²) in [6.45, 7) is 7.07. The van der Waals surface area contributed by atoms with Crippen molar-refractivity contribution in [2.75, 3.05) is 0 Å². The van der Waals surface area contributed by atoms with Crippen molar-refractivity contribution in [2.24, 2.45) is 0 Å². The molecule has 2 aromatic heterocycles. The number of carbonyl (C=O) groups excluding carboxylic acids is 1. The Morgan fingerprint density at radius 1 is 0.969 bits per heavy atom. The fourth-order valence-corrected chi connectivity index (χ4v) is 4.19. The van der Waals surface area contributed by atoms with Crippen molar-refractivity contribution in [3.8, 4) is 17.3 Å². The molecule has 0 atom stereocenters. The molecule has 0 saturated heterocycles. The molecule has 162 valence electrons. The van der Waals surface area contributed by atoms with Gasteiger partial charge in [0.25, 0.3) is 5.91 Å². The molecule has 0 spiro atoms. The monoisotopic (exact) mass is 426 g/mol. The van der Waals surface area contributed by atoms with E-state index in [9.17, 15) is 4.79 Å². The third kappa shape index (κ3) is 3.58. The van der Waals surface area contributed by atoms with E-state index in [2.05, 4.69) is 23.6 Å². The number of aromatic nitrogens is 3. The van der Waals surface area contributed by atoms with Crippen LogP contribution >= 0.6 is 0 Å². The zero-order valence-corrected chi connectivity index (χ0v) is 18.5. The van der Waals surface area contributed by atoms with E-state index in [4.69, 9.17) is 9.84 Å². The molecule has 6 heteroatoms. The van der Waals surface area contributed by atoms with E-state index in [1.54, 1.807) is 0 Å². The second kappa shape index (κ2) is 8.04. The van der Waals surface area contributed by atoms with Gasteiger partial charge in [0.2, 0.25) is 0 Å². The van der Waals surface area contributed by atoms with Crippen molar-refractivity contribution in [2.45, 2.75) is 40.0 Å². The highest BCUT2D eigenvalue weighted by molar-refractivity contribution is 5.94. The summed E-state index contributed by atoms with van der Waals surface area (Å²) in [5.41, 5.74) is 4.87. The van der Waals surface area contributed by atoms with Gasteiger partial charge < -0.3 is 14.2 Å². The SMILES string of the molecule is Cc1ccccc1-n1nc2c(c1-n1cccc1)CN(C(=O)c1ccc(OC(C)C)cc1)C2. The number of ether oxygens (including phenoxy) is 1. The molecule has 0 fully saturated rings. The maximum Gasteiger partial charge on any atom is 0.254 e. The molecule has 1 aliphatic rings. The number of carbonyl (C=O) groups is 1. The van der Waals surface area contributed by atoms with Crippen LogP contribution < -0.4 is 4.74 Å². The summed E-state index contributed by atoms with van der Waals surface area (Å²) in [6.07, 6.45) is 4.14. The summed E-state index contributed by atoms with van der Waals surface area (Å²) in [7, 11) is 0. The summed E-state index contributed by atoms with van der Waals surface area (Å²) in [5.74, 6) is 1.75. The first-order valence-electron chi connectivity index (χ1n) is 10.9. The first-order valence-corrected chi connectivity index (χ1v) is 10.9. The fraction of sp³-hybridized carbons (Fsp3) is 0.231. The summed E-state index contributed by atoms with van der Waals surface area (Å²) < 4.78 is 9.77. The van der Waals surface area contributed by atoms with Gasteiger partial charge in [-0.2, -0.15) is 5.10 Å². The minimum Gasteiger partial charge on any atom is -0.491 e. The molecule has 0 aliphatic carbocycles. The number of hydrogen-bond donors (Lipinski definition) is 0. The molecule has 0 bridgehead atoms. The molecule has 2 aromatic carbocycles. The van der Waals surface area contributed by atoms with Crippen LogP contribution in [-0.2, 0) is 13.1 Å². The van der Waals surface area contributed by atoms with E-state index >= 15 is 0 Å². The Morgan fingerprint density at radius 3 is 2.38 bits per heavy atom. The Labute approximate surface area is 187 Å². The van der Waals surface area contributed by atoms with E-state index in [1.165, 1.54) is 0 Å². The van der Waals surface area contributed by atoms with Crippen LogP contribution in [0.3, 0.4) is 0 Å². The van der Waals surface area contributed by atoms with Crippen LogP contribution in [0.15, 0.2) is 73.1 Å². The highest BCUT2D eigenvalue weighted by atomic mass is 16.5. The van der Waals surface area contributed by atoms with Crippen LogP contribution in [0, 0.1) is 6.92 Å². The molecule has 3 heterocycles. The van der Waals surface area contributed by atoms with Crippen LogP contribution in [0.25, 0.3) is 11.5 Å². The summed E-state index contributed by atoms with van der Waals surface area (Å²) in [4.78, 5) is 15.0. The highest BCUT2D eigenvalue weighted by Gasteiger charge is 2.32. The lowest BCUT2D eigenvalue weighted by molar-refractivity contribution is 0.0749. The number of aryl methyl sites for hydroxylation is 1. The molecule has 1 amide bonds. The van der Waals surface area contributed by atoms with Crippen LogP contribution in [-0.4, -0.2) is 31.3 Å². The second-order valence-electron chi connectivity index (χ2n) is 8.39. The fourth-order valence-electron chi connectivity index (χ4n) is 4.19. The first-order chi connectivity index (χ1) is 15.5. The lowest BCUT2D eigenvalue weighted by Gasteiger charge is -2.18. The number of benzene rings is 2. The molecular formula is C26H26N4O2. The predicted octanol–water partition coefficient (Wildman–Crippen LogP) is 4.91. The molecular weight excluding hydrogens is 400 g/mol. The lowest BCUT2D eigenvalue weighted by Crippen LogP contribution is -2.26. The second-order valence-corrected chi connectivity index (χ2v) is 8.39. The van der Waals surface area contributed by atoms with Gasteiger partial charge in [0, 0.05) is 23.5 Å². The van der Waals surface area contributed by atoms with Crippen LogP contribution in [0.1, 0.15) is 41.0 Å². The van der Waals surface area contributed by atoms with Crippen molar-refractivity contribution < 1.29 is 9.53 Å². The van der Waals surface area contributed by atoms with Gasteiger partial charge in [0.15, 0.2) is 0 Å². The molecule has 32 heavy (non-hydrogen) atoms. The molecule has 0 N–H and O–H groups in total. The van der Waals surface area contributed by atoms with E-state index in [0.29, 0.717) is 18.7 Å². The van der Waals surface area contributed by atoms with Gasteiger partial charge in [-0.15, -0.1) is 0 Å². The molecule has 5 rings (SSSR count). The average Bonchev–Trinajstić information content (AvgIpc) is 3.50. The Morgan fingerprint density at radius 2 is 1.69 bits per heavy atom. The molecule has 4 aromatic rings. The van der Waals surface area contributed by atoms with E-state index in [0.717, 1.165) is 34.1 Å². The molecule has 0 radical (unpaired) electrons. The van der Waals surface area contributed by atoms with E-state index in [1.807, 2.05) is 84.4 Å². The average molecular weight is 427 g/mol. The molecule has 0 unspecified atom stereocenters. The van der Waals surface area contributed by atoms with E-state index in [-0.39, 0.29) is 12.0 Å². The van der Waals surface area contributed by atoms with Crippen molar-refractivity contribution in [1.29, 1.82) is 0 Å². The summed E-state index contributed by atoms with van der Waals surface area (Å²) >= 11 is 0. The van der Waals surface area contributed by atoms with Crippen molar-refractivity contribution >= 4 is 5.91 Å². The van der Waals surface area contributed by atoms with Crippen molar-refractivity contribution in [3.05, 3.63) is 95.4 Å². The van der Waals surface area contributed by atoms with Gasteiger partial charge in [-0.1, -0.05) is 18.2 Å². The zero-order chi connectivity index (χ0) is 22.2. The van der Waals surface area contributed by atoms with Gasteiger partial charge >= 0.3 is 0 Å². The Bertz CT molecular complexity index is 1250. The van der Waals surface area contributed by atoms with Gasteiger partial charge in [0.05, 0.1) is 30.6 Å². The molecule has 0 saturated carbocycles. The molecule has 6 nitrogen and oxygen atoms in total. The topological polar surface area (TPSA) is 52.3 Å². The predicted molar refractivity (Wildman–Crippen MR) is 123 cm³/mol. The number of para-hydroxylation sites is 1. The Kier molecular flexibility index (Phi) is 5.05. The van der Waals surface area contributed by atoms with Crippen LogP contribution in [0.4, 0.5) is 0 Å². The number of nitrogens with zero attached hydrogens (tertiary/aromatic N) is 4. The minimum absolute atomic E-state index is 0.00000488. The van der Waals surface area contributed by atoms with Crippen molar-refractivity contribution in [1.82, 2.24) is 19.2 Å². The first kappa shape index (κ1) is 20.1. The van der Waals surface area contributed by atoms with Gasteiger partial charge in [-0.05, 0) is 68.8 Å². The van der Waals surface area contributed by atoms with Gasteiger partial charge in [-0.25, -0.2) is 4.68 Å². The molecule has 1 aliphatic heterocycles. The standard InChI is InChI=1S/C26H26N4O2/c1-18(2)32-21-12-10-20(11-13-21)26(31)29-16-22-23(17-29)27-30(24-9-5-4-8-19(24)3)25(22)28-14-6-7-15-28/h4-15,18H,16-17H2,1-3H3. The third-order valence-corrected chi connectivity index (χ3v) is 5.68. The Hall–Kier alpha value is -3.80. The quantitative estimate of drug-likeness (QED) is 0.455. The van der Waals surface area contributed by atoms with Crippen LogP contribution in [0.5, 0.6) is 5.75 Å². The smallest absolute Gasteiger partial charge is 0.254 e. The number of fused-ring (bicyclic) bond motifs is 1. The van der Waals surface area contributed by atoms with Crippen LogP contribution in [0.2, 0.25) is 0 Å². The summed E-state index contributed by atoms with van der Waals surface area (Å²) in [5, 5.41) is 4.93. The van der Waals surface area contributed by atoms with Crippen molar-refractivity contribution in [3.63, 3.8) is 0 Å². The number of hydrogen-bond acceptors (Lipinski definition) is 3. The van der Waals surface area contributed by atoms with Gasteiger partial charge in [-0.3, -0.25) is 4.79 Å². The number of amides is 1. The van der Waals surface area contributed by atoms with E-state index < -0.39 is 0 Å². The highest BCUT2D eigenvalue weighted by Crippen LogP contribution is 2.32. The third-order valence-electron chi connectivity index (χ3n) is 5.68. The summed E-state index contributed by atoms with van der Waals surface area (Å²) in [6, 6.07) is 19.6. The zero-order valence-electron chi connectivity index (χ0n) is 18.5. The largest absolute Gasteiger partial charge is 0.491 e. The Balaban J connectivity index is 1.46. The maximum absolute atomic E-state index is 13.2. The number of rotatable bonds is 5. The maximum atomic E-state index is 13.2. The normalized spacial score (nSPS) is 12.9. The van der Waals surface area contributed by atoms with Gasteiger partial charge in [0.1, 0.15) is 11.6 Å².